The molecule has 0 bridgehead atoms. The van der Waals surface area contributed by atoms with Gasteiger partial charge >= 0.3 is 0 Å². The maximum atomic E-state index is 13.2. The van der Waals surface area contributed by atoms with Crippen LogP contribution in [0.2, 0.25) is 0 Å². The van der Waals surface area contributed by atoms with E-state index in [1.54, 1.807) is 17.0 Å². The Morgan fingerprint density at radius 2 is 1.79 bits per heavy atom. The third-order valence-corrected chi connectivity index (χ3v) is 7.12. The van der Waals surface area contributed by atoms with Crippen molar-refractivity contribution in [3.05, 3.63) is 53.6 Å². The van der Waals surface area contributed by atoms with Gasteiger partial charge < -0.3 is 10.6 Å². The van der Waals surface area contributed by atoms with Crippen molar-refractivity contribution >= 4 is 39.7 Å². The van der Waals surface area contributed by atoms with Crippen LogP contribution in [0.25, 0.3) is 0 Å². The zero-order valence-electron chi connectivity index (χ0n) is 16.1. The molecule has 29 heavy (non-hydrogen) atoms. The number of nitrogens with zero attached hydrogens (tertiary/aromatic N) is 1. The highest BCUT2D eigenvalue weighted by Crippen LogP contribution is 2.32. The minimum atomic E-state index is -3.64. The summed E-state index contributed by atoms with van der Waals surface area (Å²) in [4.78, 5) is 15.0. The van der Waals surface area contributed by atoms with Gasteiger partial charge in [0.15, 0.2) is 0 Å². The first-order valence-electron chi connectivity index (χ1n) is 9.77. The third-order valence-electron chi connectivity index (χ3n) is 5.60. The summed E-state index contributed by atoms with van der Waals surface area (Å²) in [5.41, 5.74) is 8.92. The van der Waals surface area contributed by atoms with Gasteiger partial charge in [-0.15, -0.1) is 12.4 Å². The molecular weight excluding hydrogens is 410 g/mol. The molecule has 2 aliphatic rings. The number of carbonyl (C=O) groups is 1. The molecule has 1 saturated carbocycles. The van der Waals surface area contributed by atoms with Crippen LogP contribution in [0, 0.1) is 0 Å². The zero-order chi connectivity index (χ0) is 19.7. The third kappa shape index (κ3) is 4.42. The Kier molecular flexibility index (Phi) is 6.51. The molecule has 1 aliphatic carbocycles. The number of fused-ring (bicyclic) bond motifs is 1. The lowest BCUT2D eigenvalue weighted by atomic mass is 9.99. The summed E-state index contributed by atoms with van der Waals surface area (Å²) < 4.78 is 28.2. The summed E-state index contributed by atoms with van der Waals surface area (Å²) in [7, 11) is -3.64. The molecule has 0 aromatic heterocycles. The minimum absolute atomic E-state index is 0. The summed E-state index contributed by atoms with van der Waals surface area (Å²) in [6.07, 6.45) is 5.49. The van der Waals surface area contributed by atoms with E-state index in [0.29, 0.717) is 17.8 Å². The van der Waals surface area contributed by atoms with Crippen molar-refractivity contribution in [3.63, 3.8) is 0 Å². The number of rotatable bonds is 4. The fourth-order valence-corrected chi connectivity index (χ4v) is 5.50. The molecule has 0 saturated heterocycles. The van der Waals surface area contributed by atoms with Gasteiger partial charge in [0.1, 0.15) is 0 Å². The van der Waals surface area contributed by atoms with Gasteiger partial charge in [0.2, 0.25) is 10.0 Å². The molecule has 8 heteroatoms. The number of amides is 1. The number of nitrogens with two attached hydrogens (primary N) is 1. The van der Waals surface area contributed by atoms with Crippen molar-refractivity contribution in [1.82, 2.24) is 4.72 Å². The van der Waals surface area contributed by atoms with E-state index in [1.165, 1.54) is 12.1 Å². The number of nitrogens with one attached hydrogen (secondary N) is 1. The highest BCUT2D eigenvalue weighted by Gasteiger charge is 2.27. The van der Waals surface area contributed by atoms with Gasteiger partial charge in [-0.05, 0) is 61.6 Å². The molecule has 4 rings (SSSR count). The van der Waals surface area contributed by atoms with E-state index in [-0.39, 0.29) is 29.3 Å². The number of benzene rings is 2. The minimum Gasteiger partial charge on any atom is -0.398 e. The topological polar surface area (TPSA) is 92.5 Å². The maximum absolute atomic E-state index is 13.2. The molecule has 2 aromatic rings. The van der Waals surface area contributed by atoms with Crippen LogP contribution in [0.4, 0.5) is 11.4 Å². The first-order chi connectivity index (χ1) is 13.5. The summed E-state index contributed by atoms with van der Waals surface area (Å²) in [5, 5.41) is 0. The Labute approximate surface area is 177 Å². The molecule has 6 nitrogen and oxygen atoms in total. The van der Waals surface area contributed by atoms with Gasteiger partial charge in [0.25, 0.3) is 5.91 Å². The smallest absolute Gasteiger partial charge is 0.258 e. The Hall–Kier alpha value is -2.09. The van der Waals surface area contributed by atoms with Crippen molar-refractivity contribution < 1.29 is 13.2 Å². The number of nitrogen functional groups attached to an aromatic ring is 1. The molecule has 0 unspecified atom stereocenters. The monoisotopic (exact) mass is 435 g/mol. The average molecular weight is 436 g/mol. The molecule has 1 amide bonds. The molecule has 2 aromatic carbocycles. The lowest BCUT2D eigenvalue weighted by Gasteiger charge is -2.30. The van der Waals surface area contributed by atoms with Gasteiger partial charge in [-0.1, -0.05) is 25.0 Å². The van der Waals surface area contributed by atoms with E-state index in [9.17, 15) is 13.2 Å². The lowest BCUT2D eigenvalue weighted by Crippen LogP contribution is -2.36. The van der Waals surface area contributed by atoms with Crippen molar-refractivity contribution in [1.29, 1.82) is 0 Å². The Morgan fingerprint density at radius 3 is 2.55 bits per heavy atom. The zero-order valence-corrected chi connectivity index (χ0v) is 17.8. The van der Waals surface area contributed by atoms with Gasteiger partial charge in [0.05, 0.1) is 4.90 Å². The molecule has 156 valence electrons. The van der Waals surface area contributed by atoms with Crippen molar-refractivity contribution in [2.24, 2.45) is 0 Å². The normalized spacial score (nSPS) is 16.9. The van der Waals surface area contributed by atoms with E-state index in [0.717, 1.165) is 49.8 Å². The molecule has 3 N–H and O–H groups in total. The van der Waals surface area contributed by atoms with Crippen LogP contribution in [0.15, 0.2) is 47.4 Å². The molecule has 0 spiro atoms. The predicted molar refractivity (Wildman–Crippen MR) is 117 cm³/mol. The molecular formula is C21H26ClN3O3S. The Bertz CT molecular complexity index is 1000. The van der Waals surface area contributed by atoms with E-state index in [1.807, 2.05) is 18.2 Å². The van der Waals surface area contributed by atoms with Gasteiger partial charge in [-0.3, -0.25) is 4.79 Å². The maximum Gasteiger partial charge on any atom is 0.258 e. The highest BCUT2D eigenvalue weighted by molar-refractivity contribution is 7.89. The standard InChI is InChI=1S/C21H25N3O3S.ClH/c22-19-11-4-12-20-18(19)10-5-13-24(20)21(25)15-6-3-9-17(14-15)28(26,27)23-16-7-1-2-8-16;/h3-4,6,9,11-12,14,16,23H,1-2,5,7-8,10,13,22H2;1H. The number of halogens is 1. The molecule has 0 atom stereocenters. The number of hydrogen-bond donors (Lipinski definition) is 2. The number of anilines is 2. The lowest BCUT2D eigenvalue weighted by molar-refractivity contribution is 0.0985. The van der Waals surface area contributed by atoms with Crippen LogP contribution in [-0.2, 0) is 16.4 Å². The summed E-state index contributed by atoms with van der Waals surface area (Å²) >= 11 is 0. The fourth-order valence-electron chi connectivity index (χ4n) is 4.15. The number of carbonyl (C=O) groups excluding carboxylic acids is 1. The quantitative estimate of drug-likeness (QED) is 0.719. The first-order valence-corrected chi connectivity index (χ1v) is 11.3. The number of sulfonamides is 1. The molecule has 0 radical (unpaired) electrons. The summed E-state index contributed by atoms with van der Waals surface area (Å²) in [6, 6.07) is 11.9. The predicted octanol–water partition coefficient (Wildman–Crippen LogP) is 3.50. The Balaban J connectivity index is 0.00000240. The van der Waals surface area contributed by atoms with E-state index >= 15 is 0 Å². The van der Waals surface area contributed by atoms with Gasteiger partial charge in [0, 0.05) is 29.5 Å². The summed E-state index contributed by atoms with van der Waals surface area (Å²) in [6.45, 7) is 0.590. The van der Waals surface area contributed by atoms with E-state index in [4.69, 9.17) is 5.73 Å². The molecule has 1 heterocycles. The number of hydrogen-bond acceptors (Lipinski definition) is 4. The molecule has 1 fully saturated rings. The van der Waals surface area contributed by atoms with Crippen LogP contribution >= 0.6 is 12.4 Å². The highest BCUT2D eigenvalue weighted by atomic mass is 35.5. The SMILES string of the molecule is Cl.Nc1cccc2c1CCCN2C(=O)c1cccc(S(=O)(=O)NC2CCCC2)c1. The van der Waals surface area contributed by atoms with Crippen molar-refractivity contribution in [2.45, 2.75) is 49.5 Å². The average Bonchev–Trinajstić information content (AvgIpc) is 3.20. The largest absolute Gasteiger partial charge is 0.398 e. The first kappa shape index (κ1) is 21.6. The fraction of sp³-hybridized carbons (Fsp3) is 0.381. The van der Waals surface area contributed by atoms with E-state index < -0.39 is 10.0 Å². The van der Waals surface area contributed by atoms with Crippen molar-refractivity contribution in [3.8, 4) is 0 Å². The van der Waals surface area contributed by atoms with Crippen LogP contribution < -0.4 is 15.4 Å². The van der Waals surface area contributed by atoms with Crippen LogP contribution in [0.5, 0.6) is 0 Å². The van der Waals surface area contributed by atoms with E-state index in [2.05, 4.69) is 4.72 Å². The van der Waals surface area contributed by atoms with Crippen LogP contribution in [0.1, 0.15) is 48.0 Å². The van der Waals surface area contributed by atoms with Gasteiger partial charge in [-0.25, -0.2) is 13.1 Å². The second-order valence-corrected chi connectivity index (χ2v) is 9.25. The van der Waals surface area contributed by atoms with Gasteiger partial charge in [-0.2, -0.15) is 0 Å². The Morgan fingerprint density at radius 1 is 1.07 bits per heavy atom. The second kappa shape index (κ2) is 8.73. The van der Waals surface area contributed by atoms with Crippen LogP contribution in [-0.4, -0.2) is 26.9 Å². The van der Waals surface area contributed by atoms with Crippen LogP contribution in [0.3, 0.4) is 0 Å². The molecule has 1 aliphatic heterocycles. The van der Waals surface area contributed by atoms with Crippen molar-refractivity contribution in [2.75, 3.05) is 17.2 Å². The second-order valence-electron chi connectivity index (χ2n) is 7.54. The summed E-state index contributed by atoms with van der Waals surface area (Å²) in [5.74, 6) is -0.204.